The van der Waals surface area contributed by atoms with Gasteiger partial charge in [-0.05, 0) is 48.6 Å². The van der Waals surface area contributed by atoms with Crippen LogP contribution >= 0.6 is 39.0 Å². The van der Waals surface area contributed by atoms with Gasteiger partial charge in [-0.15, -0.1) is 11.3 Å². The Morgan fingerprint density at radius 2 is 2.15 bits per heavy atom. The lowest BCUT2D eigenvalue weighted by atomic mass is 10.2. The molecule has 0 N–H and O–H groups in total. The van der Waals surface area contributed by atoms with Crippen molar-refractivity contribution in [2.45, 2.75) is 24.0 Å². The van der Waals surface area contributed by atoms with E-state index in [0.717, 1.165) is 34.7 Å². The predicted molar refractivity (Wildman–Crippen MR) is 110 cm³/mol. The summed E-state index contributed by atoms with van der Waals surface area (Å²) in [5.74, 6) is 0.603. The number of rotatable bonds is 5. The van der Waals surface area contributed by atoms with E-state index >= 15 is 0 Å². The number of benzene rings is 1. The number of halogens is 1. The molecule has 2 aromatic heterocycles. The van der Waals surface area contributed by atoms with Crippen molar-refractivity contribution < 1.29 is 4.79 Å². The summed E-state index contributed by atoms with van der Waals surface area (Å²) < 4.78 is 3.06. The quantitative estimate of drug-likeness (QED) is 0.507. The first-order valence-corrected chi connectivity index (χ1v) is 11.1. The van der Waals surface area contributed by atoms with Gasteiger partial charge in [-0.1, -0.05) is 33.8 Å². The van der Waals surface area contributed by atoms with Crippen molar-refractivity contribution in [1.29, 1.82) is 0 Å². The van der Waals surface area contributed by atoms with E-state index in [9.17, 15) is 4.79 Å². The molecular weight excluding hydrogens is 430 g/mol. The molecule has 0 bridgehead atoms. The van der Waals surface area contributed by atoms with Gasteiger partial charge < -0.3 is 4.90 Å². The van der Waals surface area contributed by atoms with E-state index in [1.807, 2.05) is 39.9 Å². The van der Waals surface area contributed by atoms with Gasteiger partial charge >= 0.3 is 0 Å². The summed E-state index contributed by atoms with van der Waals surface area (Å²) in [5, 5.41) is 2.92. The summed E-state index contributed by atoms with van der Waals surface area (Å²) in [5.41, 5.74) is 1.04. The van der Waals surface area contributed by atoms with Crippen LogP contribution in [-0.4, -0.2) is 32.7 Å². The molecule has 1 aliphatic rings. The fraction of sp³-hybridized carbons (Fsp3) is 0.263. The Morgan fingerprint density at radius 3 is 2.92 bits per heavy atom. The standard InChI is InChI=1S/C19H18BrN3OS2/c20-14-5-7-15(8-6-14)22-11-9-21-19(22)26-13-18(24)23-10-1-3-16(23)17-4-2-12-25-17/h2,4-9,11-12,16H,1,3,10,13H2. The van der Waals surface area contributed by atoms with Crippen molar-refractivity contribution in [3.8, 4) is 5.69 Å². The monoisotopic (exact) mass is 447 g/mol. The Bertz CT molecular complexity index is 877. The van der Waals surface area contributed by atoms with Crippen LogP contribution in [0.3, 0.4) is 0 Å². The topological polar surface area (TPSA) is 38.1 Å². The molecule has 7 heteroatoms. The van der Waals surface area contributed by atoms with E-state index in [2.05, 4.69) is 38.4 Å². The number of aromatic nitrogens is 2. The molecule has 0 aliphatic carbocycles. The Kier molecular flexibility index (Phi) is 5.47. The number of nitrogens with zero attached hydrogens (tertiary/aromatic N) is 3. The van der Waals surface area contributed by atoms with E-state index in [1.54, 1.807) is 17.5 Å². The zero-order valence-corrected chi connectivity index (χ0v) is 17.3. The van der Waals surface area contributed by atoms with Crippen LogP contribution in [0.25, 0.3) is 5.69 Å². The van der Waals surface area contributed by atoms with Crippen molar-refractivity contribution in [1.82, 2.24) is 14.5 Å². The van der Waals surface area contributed by atoms with Gasteiger partial charge in [-0.2, -0.15) is 0 Å². The van der Waals surface area contributed by atoms with Gasteiger partial charge in [0.2, 0.25) is 5.91 Å². The van der Waals surface area contributed by atoms with Crippen molar-refractivity contribution in [2.75, 3.05) is 12.3 Å². The molecule has 3 heterocycles. The van der Waals surface area contributed by atoms with E-state index in [1.165, 1.54) is 16.6 Å². The second-order valence-electron chi connectivity index (χ2n) is 6.11. The first-order valence-electron chi connectivity index (χ1n) is 8.47. The number of thiophene rings is 1. The summed E-state index contributed by atoms with van der Waals surface area (Å²) >= 11 is 6.69. The summed E-state index contributed by atoms with van der Waals surface area (Å²) in [6.07, 6.45) is 5.84. The number of hydrogen-bond donors (Lipinski definition) is 0. The number of imidazole rings is 1. The van der Waals surface area contributed by atoms with Crippen molar-refractivity contribution in [3.05, 3.63) is 63.5 Å². The third kappa shape index (κ3) is 3.75. The molecule has 1 unspecified atom stereocenters. The van der Waals surface area contributed by atoms with E-state index < -0.39 is 0 Å². The fourth-order valence-electron chi connectivity index (χ4n) is 3.25. The number of thioether (sulfide) groups is 1. The van der Waals surface area contributed by atoms with Crippen molar-refractivity contribution in [2.24, 2.45) is 0 Å². The number of hydrogen-bond acceptors (Lipinski definition) is 4. The normalized spacial score (nSPS) is 17.0. The highest BCUT2D eigenvalue weighted by atomic mass is 79.9. The summed E-state index contributed by atoms with van der Waals surface area (Å²) in [6, 6.07) is 12.5. The maximum atomic E-state index is 12.8. The Hall–Kier alpha value is -1.57. The fourth-order valence-corrected chi connectivity index (χ4v) is 5.24. The van der Waals surface area contributed by atoms with Crippen LogP contribution in [-0.2, 0) is 4.79 Å². The molecule has 4 rings (SSSR count). The third-order valence-corrected chi connectivity index (χ3v) is 6.93. The molecular formula is C19H18BrN3OS2. The highest BCUT2D eigenvalue weighted by Crippen LogP contribution is 2.35. The molecule has 4 nitrogen and oxygen atoms in total. The van der Waals surface area contributed by atoms with Gasteiger partial charge in [0.05, 0.1) is 11.8 Å². The Morgan fingerprint density at radius 1 is 1.31 bits per heavy atom. The van der Waals surface area contributed by atoms with Crippen LogP contribution < -0.4 is 0 Å². The number of carbonyl (C=O) groups excluding carboxylic acids is 1. The van der Waals surface area contributed by atoms with E-state index in [-0.39, 0.29) is 11.9 Å². The molecule has 0 saturated carbocycles. The minimum Gasteiger partial charge on any atom is -0.334 e. The average molecular weight is 448 g/mol. The highest BCUT2D eigenvalue weighted by Gasteiger charge is 2.30. The Labute approximate surface area is 169 Å². The van der Waals surface area contributed by atoms with Gasteiger partial charge in [-0.25, -0.2) is 4.98 Å². The first-order chi connectivity index (χ1) is 12.7. The molecule has 1 atom stereocenters. The molecule has 26 heavy (non-hydrogen) atoms. The smallest absolute Gasteiger partial charge is 0.233 e. The largest absolute Gasteiger partial charge is 0.334 e. The molecule has 0 spiro atoms. The SMILES string of the molecule is O=C(CSc1nccn1-c1ccc(Br)cc1)N1CCCC1c1cccs1. The van der Waals surface area contributed by atoms with Gasteiger partial charge in [0.1, 0.15) is 0 Å². The molecule has 1 aromatic carbocycles. The lowest BCUT2D eigenvalue weighted by Crippen LogP contribution is -2.31. The summed E-state index contributed by atoms with van der Waals surface area (Å²) in [4.78, 5) is 20.6. The molecule has 1 saturated heterocycles. The predicted octanol–water partition coefficient (Wildman–Crippen LogP) is 5.15. The number of likely N-dealkylation sites (tertiary alicyclic amines) is 1. The van der Waals surface area contributed by atoms with Crippen molar-refractivity contribution >= 4 is 44.9 Å². The van der Waals surface area contributed by atoms with Crippen molar-refractivity contribution in [3.63, 3.8) is 0 Å². The Balaban J connectivity index is 1.44. The lowest BCUT2D eigenvalue weighted by Gasteiger charge is -2.23. The highest BCUT2D eigenvalue weighted by molar-refractivity contribution is 9.10. The second kappa shape index (κ2) is 7.98. The number of carbonyl (C=O) groups is 1. The molecule has 3 aromatic rings. The maximum absolute atomic E-state index is 12.8. The maximum Gasteiger partial charge on any atom is 0.233 e. The molecule has 0 radical (unpaired) electrons. The van der Waals surface area contributed by atoms with Gasteiger partial charge in [0.25, 0.3) is 0 Å². The first kappa shape index (κ1) is 17.8. The molecule has 134 valence electrons. The van der Waals surface area contributed by atoms with E-state index in [0.29, 0.717) is 5.75 Å². The van der Waals surface area contributed by atoms with Crippen LogP contribution in [0.2, 0.25) is 0 Å². The van der Waals surface area contributed by atoms with Crippen LogP contribution in [0.5, 0.6) is 0 Å². The van der Waals surface area contributed by atoms with E-state index in [4.69, 9.17) is 0 Å². The molecule has 1 aliphatic heterocycles. The van der Waals surface area contributed by atoms with Crippen LogP contribution in [0, 0.1) is 0 Å². The zero-order chi connectivity index (χ0) is 17.9. The second-order valence-corrected chi connectivity index (χ2v) is 8.94. The lowest BCUT2D eigenvalue weighted by molar-refractivity contribution is -0.129. The third-order valence-electron chi connectivity index (χ3n) is 4.48. The summed E-state index contributed by atoms with van der Waals surface area (Å²) in [7, 11) is 0. The number of amides is 1. The average Bonchev–Trinajstić information content (AvgIpc) is 3.40. The minimum atomic E-state index is 0.191. The summed E-state index contributed by atoms with van der Waals surface area (Å²) in [6.45, 7) is 0.850. The van der Waals surface area contributed by atoms with Gasteiger partial charge in [-0.3, -0.25) is 9.36 Å². The minimum absolute atomic E-state index is 0.191. The van der Waals surface area contributed by atoms with Crippen LogP contribution in [0.1, 0.15) is 23.8 Å². The zero-order valence-electron chi connectivity index (χ0n) is 14.0. The molecule has 1 amide bonds. The van der Waals surface area contributed by atoms with Crippen LogP contribution in [0.15, 0.2) is 63.8 Å². The van der Waals surface area contributed by atoms with Gasteiger partial charge in [0.15, 0.2) is 5.16 Å². The van der Waals surface area contributed by atoms with Crippen LogP contribution in [0.4, 0.5) is 0 Å². The molecule has 1 fully saturated rings. The van der Waals surface area contributed by atoms with Gasteiger partial charge in [0, 0.05) is 34.0 Å².